The minimum absolute atomic E-state index is 0.00219. The summed E-state index contributed by atoms with van der Waals surface area (Å²) < 4.78 is 0. The Morgan fingerprint density at radius 3 is 2.39 bits per heavy atom. The molecule has 2 atom stereocenters. The molecule has 0 radical (unpaired) electrons. The van der Waals surface area contributed by atoms with E-state index in [0.29, 0.717) is 12.0 Å². The van der Waals surface area contributed by atoms with Gasteiger partial charge in [-0.2, -0.15) is 0 Å². The highest BCUT2D eigenvalue weighted by Gasteiger charge is 2.34. The molecule has 0 bridgehead atoms. The molecular formula is C20H23NO2. The number of phenolic OH excluding ortho intramolecular Hbond substituents is 2. The summed E-state index contributed by atoms with van der Waals surface area (Å²) >= 11 is 0. The van der Waals surface area contributed by atoms with Crippen molar-refractivity contribution in [2.24, 2.45) is 0 Å². The quantitative estimate of drug-likeness (QED) is 0.825. The van der Waals surface area contributed by atoms with Crippen LogP contribution >= 0.6 is 0 Å². The van der Waals surface area contributed by atoms with Gasteiger partial charge >= 0.3 is 0 Å². The Balaban J connectivity index is 1.76. The lowest BCUT2D eigenvalue weighted by molar-refractivity contribution is 0.209. The first-order valence-electron chi connectivity index (χ1n) is 8.56. The summed E-state index contributed by atoms with van der Waals surface area (Å²) in [6, 6.07) is 14.6. The molecule has 2 aromatic carbocycles. The molecular weight excluding hydrogens is 286 g/mol. The fourth-order valence-electron chi connectivity index (χ4n) is 4.27. The molecule has 1 heterocycles. The van der Waals surface area contributed by atoms with Crippen LogP contribution in [0.5, 0.6) is 11.5 Å². The number of nitrogens with zero attached hydrogens (tertiary/aromatic N) is 1. The maximum Gasteiger partial charge on any atom is 0.161 e. The third-order valence-electron chi connectivity index (χ3n) is 5.47. The minimum Gasteiger partial charge on any atom is -0.504 e. The van der Waals surface area contributed by atoms with Crippen LogP contribution in [0.3, 0.4) is 0 Å². The van der Waals surface area contributed by atoms with Gasteiger partial charge in [0, 0.05) is 11.6 Å². The van der Waals surface area contributed by atoms with E-state index in [4.69, 9.17) is 0 Å². The number of likely N-dealkylation sites (tertiary alicyclic amines) is 1. The summed E-state index contributed by atoms with van der Waals surface area (Å²) in [5.74, 6) is 0.465. The highest BCUT2D eigenvalue weighted by atomic mass is 16.3. The van der Waals surface area contributed by atoms with Crippen molar-refractivity contribution in [3.8, 4) is 11.5 Å². The number of hydrogen-bond donors (Lipinski definition) is 2. The summed E-state index contributed by atoms with van der Waals surface area (Å²) in [6.45, 7) is 2.26. The molecule has 2 N–H and O–H groups in total. The number of benzene rings is 2. The zero-order chi connectivity index (χ0) is 15.8. The lowest BCUT2D eigenvalue weighted by Gasteiger charge is -2.37. The molecule has 3 heteroatoms. The zero-order valence-corrected chi connectivity index (χ0v) is 13.3. The topological polar surface area (TPSA) is 43.7 Å². The van der Waals surface area contributed by atoms with Crippen molar-refractivity contribution in [1.82, 2.24) is 4.90 Å². The van der Waals surface area contributed by atoms with Gasteiger partial charge in [0.05, 0.1) is 0 Å². The zero-order valence-electron chi connectivity index (χ0n) is 13.3. The summed E-state index contributed by atoms with van der Waals surface area (Å²) in [5.41, 5.74) is 3.46. The molecule has 3 nitrogen and oxygen atoms in total. The first kappa shape index (κ1) is 14.6. The van der Waals surface area contributed by atoms with Crippen LogP contribution in [0.1, 0.15) is 47.9 Å². The van der Waals surface area contributed by atoms with Gasteiger partial charge in [0.1, 0.15) is 0 Å². The highest BCUT2D eigenvalue weighted by molar-refractivity contribution is 5.52. The van der Waals surface area contributed by atoms with Crippen LogP contribution in [-0.4, -0.2) is 28.2 Å². The molecule has 23 heavy (non-hydrogen) atoms. The standard InChI is InChI=1S/C20H23NO2/c22-19-9-8-16-17(20(19)23)12-15(14-6-2-1-3-7-14)13-18(16)21-10-4-5-11-21/h1-3,6-9,15,18,22-23H,4-5,10-13H2/t15-,18-/m1/s1. The van der Waals surface area contributed by atoms with Gasteiger partial charge in [-0.05, 0) is 61.9 Å². The van der Waals surface area contributed by atoms with E-state index in [9.17, 15) is 10.2 Å². The third-order valence-corrected chi connectivity index (χ3v) is 5.47. The smallest absolute Gasteiger partial charge is 0.161 e. The molecule has 0 amide bonds. The Hall–Kier alpha value is -2.00. The molecule has 2 aromatic rings. The maximum atomic E-state index is 10.4. The Labute approximate surface area is 137 Å². The predicted octanol–water partition coefficient (Wildman–Crippen LogP) is 3.96. The van der Waals surface area contributed by atoms with E-state index in [1.807, 2.05) is 12.1 Å². The summed E-state index contributed by atoms with van der Waals surface area (Å²) in [7, 11) is 0. The van der Waals surface area contributed by atoms with Crippen molar-refractivity contribution in [2.75, 3.05) is 13.1 Å². The van der Waals surface area contributed by atoms with Gasteiger partial charge in [-0.3, -0.25) is 4.90 Å². The second kappa shape index (κ2) is 5.89. The average Bonchev–Trinajstić information content (AvgIpc) is 3.13. The van der Waals surface area contributed by atoms with Crippen molar-refractivity contribution in [1.29, 1.82) is 0 Å². The van der Waals surface area contributed by atoms with E-state index in [1.54, 1.807) is 6.07 Å². The van der Waals surface area contributed by atoms with Gasteiger partial charge in [-0.1, -0.05) is 36.4 Å². The highest BCUT2D eigenvalue weighted by Crippen LogP contribution is 2.47. The number of phenols is 2. The second-order valence-corrected chi connectivity index (χ2v) is 6.81. The summed E-state index contributed by atoms with van der Waals surface area (Å²) in [4.78, 5) is 2.55. The molecule has 120 valence electrons. The molecule has 0 unspecified atom stereocenters. The molecule has 0 saturated carbocycles. The number of fused-ring (bicyclic) bond motifs is 1. The van der Waals surface area contributed by atoms with E-state index in [1.165, 1.54) is 24.0 Å². The predicted molar refractivity (Wildman–Crippen MR) is 90.8 cm³/mol. The van der Waals surface area contributed by atoms with Gasteiger partial charge in [0.2, 0.25) is 0 Å². The van der Waals surface area contributed by atoms with Gasteiger partial charge in [-0.25, -0.2) is 0 Å². The van der Waals surface area contributed by atoms with Crippen LogP contribution in [-0.2, 0) is 6.42 Å². The van der Waals surface area contributed by atoms with Crippen LogP contribution in [0.2, 0.25) is 0 Å². The van der Waals surface area contributed by atoms with Crippen LogP contribution in [0.15, 0.2) is 42.5 Å². The fourth-order valence-corrected chi connectivity index (χ4v) is 4.27. The van der Waals surface area contributed by atoms with Gasteiger partial charge < -0.3 is 10.2 Å². The molecule has 1 fully saturated rings. The van der Waals surface area contributed by atoms with Crippen LogP contribution in [0, 0.1) is 0 Å². The number of rotatable bonds is 2. The Bertz CT molecular complexity index is 692. The summed E-state index contributed by atoms with van der Waals surface area (Å²) in [6.07, 6.45) is 4.39. The van der Waals surface area contributed by atoms with E-state index in [0.717, 1.165) is 31.5 Å². The van der Waals surface area contributed by atoms with Gasteiger partial charge in [0.15, 0.2) is 11.5 Å². The van der Waals surface area contributed by atoms with Crippen LogP contribution in [0.25, 0.3) is 0 Å². The number of hydrogen-bond acceptors (Lipinski definition) is 3. The normalized spacial score (nSPS) is 24.5. The van der Waals surface area contributed by atoms with E-state index >= 15 is 0 Å². The average molecular weight is 309 g/mol. The molecule has 1 aliphatic heterocycles. The Morgan fingerprint density at radius 2 is 1.65 bits per heavy atom. The van der Waals surface area contributed by atoms with E-state index in [2.05, 4.69) is 29.2 Å². The van der Waals surface area contributed by atoms with Crippen molar-refractivity contribution >= 4 is 0 Å². The van der Waals surface area contributed by atoms with Gasteiger partial charge in [0.25, 0.3) is 0 Å². The van der Waals surface area contributed by atoms with Crippen molar-refractivity contribution in [2.45, 2.75) is 37.6 Å². The van der Waals surface area contributed by atoms with Crippen molar-refractivity contribution < 1.29 is 10.2 Å². The molecule has 0 spiro atoms. The van der Waals surface area contributed by atoms with Crippen LogP contribution in [0.4, 0.5) is 0 Å². The first-order chi connectivity index (χ1) is 11.2. The largest absolute Gasteiger partial charge is 0.504 e. The van der Waals surface area contributed by atoms with E-state index in [-0.39, 0.29) is 11.5 Å². The van der Waals surface area contributed by atoms with Crippen molar-refractivity contribution in [3.05, 3.63) is 59.2 Å². The van der Waals surface area contributed by atoms with E-state index < -0.39 is 0 Å². The first-order valence-corrected chi connectivity index (χ1v) is 8.56. The molecule has 4 rings (SSSR count). The number of aromatic hydroxyl groups is 2. The summed E-state index contributed by atoms with van der Waals surface area (Å²) in [5, 5.41) is 20.3. The Kier molecular flexibility index (Phi) is 3.74. The maximum absolute atomic E-state index is 10.4. The van der Waals surface area contributed by atoms with Gasteiger partial charge in [-0.15, -0.1) is 0 Å². The lowest BCUT2D eigenvalue weighted by Crippen LogP contribution is -2.31. The SMILES string of the molecule is Oc1ccc2c(c1O)C[C@@H](c1ccccc1)C[C@H]2N1CCCC1. The molecule has 1 aliphatic carbocycles. The lowest BCUT2D eigenvalue weighted by atomic mass is 9.76. The molecule has 2 aliphatic rings. The van der Waals surface area contributed by atoms with Crippen molar-refractivity contribution in [3.63, 3.8) is 0 Å². The minimum atomic E-state index is -0.00219. The monoisotopic (exact) mass is 309 g/mol. The third kappa shape index (κ3) is 2.59. The fraction of sp³-hybridized carbons (Fsp3) is 0.400. The second-order valence-electron chi connectivity index (χ2n) is 6.81. The molecule has 1 saturated heterocycles. The van der Waals surface area contributed by atoms with Crippen LogP contribution < -0.4 is 0 Å². The Morgan fingerprint density at radius 1 is 0.913 bits per heavy atom. The molecule has 0 aromatic heterocycles.